The fourth-order valence-electron chi connectivity index (χ4n) is 2.22. The van der Waals surface area contributed by atoms with Gasteiger partial charge < -0.3 is 14.0 Å². The average molecular weight is 238 g/mol. The van der Waals surface area contributed by atoms with Gasteiger partial charge in [0, 0.05) is 0 Å². The topological polar surface area (TPSA) is 27.7 Å². The van der Waals surface area contributed by atoms with E-state index in [4.69, 9.17) is 14.0 Å². The van der Waals surface area contributed by atoms with Gasteiger partial charge in [0.25, 0.3) is 0 Å². The van der Waals surface area contributed by atoms with Crippen LogP contribution >= 0.6 is 0 Å². The van der Waals surface area contributed by atoms with Gasteiger partial charge in [-0.3, -0.25) is 0 Å². The van der Waals surface area contributed by atoms with Crippen molar-refractivity contribution in [2.45, 2.75) is 64.8 Å². The quantitative estimate of drug-likeness (QED) is 0.657. The summed E-state index contributed by atoms with van der Waals surface area (Å²) >= 11 is 0. The molecule has 0 aromatic carbocycles. The fourth-order valence-corrected chi connectivity index (χ4v) is 2.22. The summed E-state index contributed by atoms with van der Waals surface area (Å²) in [6.45, 7) is 11.2. The van der Waals surface area contributed by atoms with Crippen molar-refractivity contribution in [1.82, 2.24) is 0 Å². The summed E-state index contributed by atoms with van der Waals surface area (Å²) in [7, 11) is -0.208. The lowest BCUT2D eigenvalue weighted by Gasteiger charge is -2.32. The van der Waals surface area contributed by atoms with Gasteiger partial charge >= 0.3 is 7.12 Å². The highest BCUT2D eigenvalue weighted by atomic mass is 16.7. The van der Waals surface area contributed by atoms with E-state index in [0.717, 1.165) is 19.4 Å². The van der Waals surface area contributed by atoms with Crippen molar-refractivity contribution < 1.29 is 14.0 Å². The largest absolute Gasteiger partial charge is 0.487 e. The van der Waals surface area contributed by atoms with E-state index in [1.165, 1.54) is 5.57 Å². The molecule has 96 valence electrons. The molecular weight excluding hydrogens is 215 g/mol. The first-order valence-electron chi connectivity index (χ1n) is 6.47. The molecule has 2 rings (SSSR count). The lowest BCUT2D eigenvalue weighted by molar-refractivity contribution is 0.00578. The standard InChI is InChI=1S/C13H23BO3/c1-10-8-11(6-7-15-10)9-14-16-12(2,3)13(4,5)17-14/h9-10H,6-8H2,1-5H3/b11-9-. The zero-order valence-electron chi connectivity index (χ0n) is 11.6. The van der Waals surface area contributed by atoms with Crippen LogP contribution < -0.4 is 0 Å². The maximum Gasteiger partial charge on any atom is 0.487 e. The summed E-state index contributed by atoms with van der Waals surface area (Å²) in [5.74, 6) is 2.13. The van der Waals surface area contributed by atoms with E-state index in [-0.39, 0.29) is 18.3 Å². The van der Waals surface area contributed by atoms with Crippen LogP contribution in [-0.2, 0) is 14.0 Å². The third-order valence-electron chi connectivity index (χ3n) is 4.02. The van der Waals surface area contributed by atoms with Crippen LogP contribution in [0, 0.1) is 0 Å². The smallest absolute Gasteiger partial charge is 0.400 e. The van der Waals surface area contributed by atoms with Gasteiger partial charge in [0.05, 0.1) is 23.9 Å². The third-order valence-corrected chi connectivity index (χ3v) is 4.02. The Morgan fingerprint density at radius 2 is 1.76 bits per heavy atom. The van der Waals surface area contributed by atoms with E-state index >= 15 is 0 Å². The predicted octanol–water partition coefficient (Wildman–Crippen LogP) is 2.74. The van der Waals surface area contributed by atoms with Crippen LogP contribution in [0.2, 0.25) is 0 Å². The molecule has 0 amide bonds. The minimum atomic E-state index is -0.245. The zero-order chi connectivity index (χ0) is 12.7. The second-order valence-electron chi connectivity index (χ2n) is 6.09. The molecule has 17 heavy (non-hydrogen) atoms. The first-order valence-corrected chi connectivity index (χ1v) is 6.47. The SMILES string of the molecule is CC1C/C(=C\B2OC(C)(C)C(C)(C)O2)CCO1. The molecule has 0 bridgehead atoms. The number of hydrogen-bond donors (Lipinski definition) is 0. The van der Waals surface area contributed by atoms with E-state index in [1.54, 1.807) is 0 Å². The highest BCUT2D eigenvalue weighted by Crippen LogP contribution is 2.37. The molecule has 0 spiro atoms. The molecule has 3 nitrogen and oxygen atoms in total. The molecular formula is C13H23BO3. The van der Waals surface area contributed by atoms with Gasteiger partial charge in [-0.1, -0.05) is 11.5 Å². The minimum absolute atomic E-state index is 0.208. The van der Waals surface area contributed by atoms with E-state index in [2.05, 4.69) is 40.6 Å². The van der Waals surface area contributed by atoms with Crippen molar-refractivity contribution in [1.29, 1.82) is 0 Å². The summed E-state index contributed by atoms with van der Waals surface area (Å²) in [5, 5.41) is 0. The summed E-state index contributed by atoms with van der Waals surface area (Å²) in [4.78, 5) is 0. The van der Waals surface area contributed by atoms with Gasteiger partial charge in [0.1, 0.15) is 0 Å². The maximum absolute atomic E-state index is 5.96. The molecule has 0 aliphatic carbocycles. The Hall–Kier alpha value is -0.315. The highest BCUT2D eigenvalue weighted by molar-refractivity contribution is 6.51. The molecule has 0 radical (unpaired) electrons. The Bertz CT molecular complexity index is 307. The van der Waals surface area contributed by atoms with Gasteiger partial charge in [0.15, 0.2) is 0 Å². The van der Waals surface area contributed by atoms with E-state index in [1.807, 2.05) is 0 Å². The molecule has 2 heterocycles. The summed E-state index contributed by atoms with van der Waals surface area (Å²) in [5.41, 5.74) is 0.902. The van der Waals surface area contributed by atoms with Crippen molar-refractivity contribution in [3.05, 3.63) is 11.5 Å². The van der Waals surface area contributed by atoms with Crippen LogP contribution in [0.15, 0.2) is 11.5 Å². The first-order chi connectivity index (χ1) is 7.80. The second-order valence-corrected chi connectivity index (χ2v) is 6.09. The molecule has 2 saturated heterocycles. The average Bonchev–Trinajstić information content (AvgIpc) is 2.34. The number of rotatable bonds is 1. The van der Waals surface area contributed by atoms with Crippen molar-refractivity contribution in [3.8, 4) is 0 Å². The molecule has 4 heteroatoms. The number of ether oxygens (including phenoxy) is 1. The molecule has 0 N–H and O–H groups in total. The Morgan fingerprint density at radius 3 is 2.29 bits per heavy atom. The monoisotopic (exact) mass is 238 g/mol. The lowest BCUT2D eigenvalue weighted by Crippen LogP contribution is -2.41. The van der Waals surface area contributed by atoms with Crippen LogP contribution in [-0.4, -0.2) is 31.0 Å². The molecule has 1 unspecified atom stereocenters. The van der Waals surface area contributed by atoms with Gasteiger partial charge in [-0.25, -0.2) is 0 Å². The fraction of sp³-hybridized carbons (Fsp3) is 0.846. The van der Waals surface area contributed by atoms with Crippen LogP contribution in [0.1, 0.15) is 47.5 Å². The Balaban J connectivity index is 2.04. The third kappa shape index (κ3) is 2.75. The van der Waals surface area contributed by atoms with Crippen molar-refractivity contribution in [2.24, 2.45) is 0 Å². The summed E-state index contributed by atoms with van der Waals surface area (Å²) in [6, 6.07) is 0. The Kier molecular flexibility index (Phi) is 3.41. The van der Waals surface area contributed by atoms with Gasteiger partial charge in [-0.05, 0) is 47.5 Å². The molecule has 0 aromatic rings. The Morgan fingerprint density at radius 1 is 1.18 bits per heavy atom. The van der Waals surface area contributed by atoms with Gasteiger partial charge in [-0.2, -0.15) is 0 Å². The van der Waals surface area contributed by atoms with Crippen molar-refractivity contribution in [2.75, 3.05) is 6.61 Å². The molecule has 0 aromatic heterocycles. The Labute approximate surface area is 105 Å². The van der Waals surface area contributed by atoms with Crippen LogP contribution in [0.25, 0.3) is 0 Å². The number of hydrogen-bond acceptors (Lipinski definition) is 3. The molecule has 2 aliphatic heterocycles. The minimum Gasteiger partial charge on any atom is -0.400 e. The first kappa shape index (κ1) is 13.1. The normalized spacial score (nSPS) is 34.3. The lowest BCUT2D eigenvalue weighted by atomic mass is 9.84. The molecule has 2 fully saturated rings. The summed E-state index contributed by atoms with van der Waals surface area (Å²) < 4.78 is 17.5. The predicted molar refractivity (Wildman–Crippen MR) is 68.8 cm³/mol. The summed E-state index contributed by atoms with van der Waals surface area (Å²) in [6.07, 6.45) is 2.30. The highest BCUT2D eigenvalue weighted by Gasteiger charge is 2.50. The van der Waals surface area contributed by atoms with Crippen LogP contribution in [0.5, 0.6) is 0 Å². The molecule has 1 atom stereocenters. The van der Waals surface area contributed by atoms with Crippen LogP contribution in [0.3, 0.4) is 0 Å². The van der Waals surface area contributed by atoms with E-state index < -0.39 is 0 Å². The maximum atomic E-state index is 5.96. The second kappa shape index (κ2) is 4.41. The van der Waals surface area contributed by atoms with Crippen molar-refractivity contribution in [3.63, 3.8) is 0 Å². The van der Waals surface area contributed by atoms with Crippen molar-refractivity contribution >= 4 is 7.12 Å². The van der Waals surface area contributed by atoms with E-state index in [0.29, 0.717) is 6.10 Å². The van der Waals surface area contributed by atoms with Gasteiger partial charge in [-0.15, -0.1) is 0 Å². The molecule has 2 aliphatic rings. The molecule has 0 saturated carbocycles. The van der Waals surface area contributed by atoms with Crippen LogP contribution in [0.4, 0.5) is 0 Å². The van der Waals surface area contributed by atoms with E-state index in [9.17, 15) is 0 Å². The van der Waals surface area contributed by atoms with Gasteiger partial charge in [0.2, 0.25) is 0 Å². The zero-order valence-corrected chi connectivity index (χ0v) is 11.6.